The van der Waals surface area contributed by atoms with Crippen LogP contribution in [0.2, 0.25) is 0 Å². The smallest absolute Gasteiger partial charge is 0.407 e. The van der Waals surface area contributed by atoms with Gasteiger partial charge in [-0.25, -0.2) is 9.59 Å². The van der Waals surface area contributed by atoms with Crippen molar-refractivity contribution in [3.63, 3.8) is 0 Å². The number of aromatic nitrogens is 1. The summed E-state index contributed by atoms with van der Waals surface area (Å²) < 4.78 is 10.2. The van der Waals surface area contributed by atoms with Gasteiger partial charge in [0.15, 0.2) is 0 Å². The molecular formula is C28H26N2O6. The van der Waals surface area contributed by atoms with Gasteiger partial charge < -0.3 is 30.0 Å². The zero-order chi connectivity index (χ0) is 25.2. The van der Waals surface area contributed by atoms with Crippen LogP contribution >= 0.6 is 0 Å². The van der Waals surface area contributed by atoms with Crippen LogP contribution in [0.15, 0.2) is 72.9 Å². The van der Waals surface area contributed by atoms with E-state index in [-0.39, 0.29) is 19.1 Å². The van der Waals surface area contributed by atoms with Crippen molar-refractivity contribution < 1.29 is 29.3 Å². The molecular weight excluding hydrogens is 460 g/mol. The van der Waals surface area contributed by atoms with Gasteiger partial charge in [-0.05, 0) is 34.4 Å². The summed E-state index contributed by atoms with van der Waals surface area (Å²) in [7, 11) is 1.30. The average molecular weight is 487 g/mol. The Hall–Kier alpha value is -4.14. The van der Waals surface area contributed by atoms with E-state index in [1.54, 1.807) is 24.4 Å². The number of carbonyl (C=O) groups excluding carboxylic acids is 2. The molecule has 1 heterocycles. The van der Waals surface area contributed by atoms with E-state index in [4.69, 9.17) is 9.47 Å². The molecule has 8 nitrogen and oxygen atoms in total. The molecule has 2 unspecified atom stereocenters. The fraction of sp³-hybridized carbons (Fsp3) is 0.214. The lowest BCUT2D eigenvalue weighted by Crippen LogP contribution is -2.36. The minimum absolute atomic E-state index is 0.0697. The molecule has 0 saturated carbocycles. The van der Waals surface area contributed by atoms with Gasteiger partial charge in [0.25, 0.3) is 0 Å². The monoisotopic (exact) mass is 486 g/mol. The molecule has 0 aliphatic heterocycles. The van der Waals surface area contributed by atoms with E-state index in [1.807, 2.05) is 36.4 Å². The molecule has 0 saturated heterocycles. The van der Waals surface area contributed by atoms with Crippen LogP contribution in [0, 0.1) is 0 Å². The first-order chi connectivity index (χ1) is 17.5. The van der Waals surface area contributed by atoms with Crippen molar-refractivity contribution >= 4 is 23.0 Å². The Kier molecular flexibility index (Phi) is 6.45. The molecule has 3 aromatic carbocycles. The number of aromatic amines is 1. The zero-order valence-corrected chi connectivity index (χ0v) is 19.6. The maximum absolute atomic E-state index is 12.4. The molecule has 1 aliphatic rings. The number of H-pyrrole nitrogens is 1. The maximum Gasteiger partial charge on any atom is 0.407 e. The molecule has 4 N–H and O–H groups in total. The minimum Gasteiger partial charge on any atom is -0.465 e. The first-order valence-electron chi connectivity index (χ1n) is 11.6. The Morgan fingerprint density at radius 3 is 2.33 bits per heavy atom. The van der Waals surface area contributed by atoms with E-state index < -0.39 is 24.3 Å². The molecule has 8 heteroatoms. The van der Waals surface area contributed by atoms with Gasteiger partial charge in [-0.3, -0.25) is 0 Å². The second-order valence-corrected chi connectivity index (χ2v) is 8.71. The van der Waals surface area contributed by atoms with Crippen LogP contribution in [-0.2, 0) is 9.47 Å². The van der Waals surface area contributed by atoms with Gasteiger partial charge in [0.2, 0.25) is 0 Å². The number of nitrogens with one attached hydrogen (secondary N) is 2. The highest BCUT2D eigenvalue weighted by molar-refractivity contribution is 5.95. The van der Waals surface area contributed by atoms with Crippen molar-refractivity contribution in [1.29, 1.82) is 0 Å². The number of hydrogen-bond acceptors (Lipinski definition) is 6. The lowest BCUT2D eigenvalue weighted by molar-refractivity contribution is 0.0194. The summed E-state index contributed by atoms with van der Waals surface area (Å²) in [5, 5.41) is 24.4. The Morgan fingerprint density at radius 1 is 1.00 bits per heavy atom. The second-order valence-electron chi connectivity index (χ2n) is 8.71. The van der Waals surface area contributed by atoms with Crippen LogP contribution in [0.3, 0.4) is 0 Å². The largest absolute Gasteiger partial charge is 0.465 e. The maximum atomic E-state index is 12.4. The number of aliphatic hydroxyl groups is 2. The van der Waals surface area contributed by atoms with Crippen LogP contribution < -0.4 is 5.32 Å². The summed E-state index contributed by atoms with van der Waals surface area (Å²) >= 11 is 0. The number of alkyl carbamates (subject to hydrolysis) is 1. The number of fused-ring (bicyclic) bond motifs is 4. The molecule has 184 valence electrons. The van der Waals surface area contributed by atoms with E-state index in [0.717, 1.165) is 22.3 Å². The molecule has 0 radical (unpaired) electrons. The summed E-state index contributed by atoms with van der Waals surface area (Å²) in [6.07, 6.45) is -1.65. The number of benzene rings is 3. The van der Waals surface area contributed by atoms with Crippen molar-refractivity contribution in [2.45, 2.75) is 18.1 Å². The van der Waals surface area contributed by atoms with Crippen molar-refractivity contribution in [2.75, 3.05) is 20.3 Å². The van der Waals surface area contributed by atoms with Gasteiger partial charge in [0, 0.05) is 35.1 Å². The van der Waals surface area contributed by atoms with E-state index in [2.05, 4.69) is 22.4 Å². The van der Waals surface area contributed by atoms with E-state index in [0.29, 0.717) is 22.0 Å². The Morgan fingerprint density at radius 2 is 1.67 bits per heavy atom. The third-order valence-electron chi connectivity index (χ3n) is 6.62. The number of methoxy groups -OCH3 is 1. The van der Waals surface area contributed by atoms with Crippen molar-refractivity contribution in [3.05, 3.63) is 95.2 Å². The first-order valence-corrected chi connectivity index (χ1v) is 11.6. The predicted octanol–water partition coefficient (Wildman–Crippen LogP) is 3.89. The average Bonchev–Trinajstić information content (AvgIpc) is 3.48. The number of esters is 1. The van der Waals surface area contributed by atoms with Crippen molar-refractivity contribution in [1.82, 2.24) is 10.3 Å². The second kappa shape index (κ2) is 9.85. The predicted molar refractivity (Wildman–Crippen MR) is 134 cm³/mol. The van der Waals surface area contributed by atoms with E-state index >= 15 is 0 Å². The van der Waals surface area contributed by atoms with Crippen LogP contribution in [0.25, 0.3) is 22.0 Å². The molecule has 0 fully saturated rings. The van der Waals surface area contributed by atoms with Crippen LogP contribution in [0.4, 0.5) is 4.79 Å². The highest BCUT2D eigenvalue weighted by atomic mass is 16.5. The van der Waals surface area contributed by atoms with Gasteiger partial charge in [-0.2, -0.15) is 0 Å². The summed E-state index contributed by atoms with van der Waals surface area (Å²) in [5.74, 6) is -0.541. The third-order valence-corrected chi connectivity index (χ3v) is 6.62. The quantitative estimate of drug-likeness (QED) is 0.294. The Balaban J connectivity index is 1.19. The normalized spacial score (nSPS) is 14.1. The summed E-state index contributed by atoms with van der Waals surface area (Å²) in [5.41, 5.74) is 5.92. The number of hydrogen-bond donors (Lipinski definition) is 4. The SMILES string of the molecule is COC(=O)c1ccc2c(C(O)C(O)CNC(=O)OCC3c4ccccc4-c4ccccc43)c[nH]c2c1. The third kappa shape index (κ3) is 4.32. The first kappa shape index (κ1) is 23.6. The van der Waals surface area contributed by atoms with Gasteiger partial charge in [-0.15, -0.1) is 0 Å². The van der Waals surface area contributed by atoms with Crippen molar-refractivity contribution in [2.24, 2.45) is 0 Å². The van der Waals surface area contributed by atoms with E-state index in [1.165, 1.54) is 7.11 Å². The van der Waals surface area contributed by atoms with Crippen LogP contribution in [0.5, 0.6) is 0 Å². The molecule has 0 spiro atoms. The minimum atomic E-state index is -1.27. The molecule has 36 heavy (non-hydrogen) atoms. The van der Waals surface area contributed by atoms with Crippen LogP contribution in [-0.4, -0.2) is 53.6 Å². The fourth-order valence-corrected chi connectivity index (χ4v) is 4.79. The molecule has 1 aromatic heterocycles. The van der Waals surface area contributed by atoms with Crippen LogP contribution in [0.1, 0.15) is 39.1 Å². The molecule has 0 bridgehead atoms. The topological polar surface area (TPSA) is 121 Å². The van der Waals surface area contributed by atoms with E-state index in [9.17, 15) is 19.8 Å². The number of ether oxygens (including phenoxy) is 2. The van der Waals surface area contributed by atoms with Gasteiger partial charge in [-0.1, -0.05) is 54.6 Å². The highest BCUT2D eigenvalue weighted by Gasteiger charge is 2.29. The summed E-state index contributed by atoms with van der Waals surface area (Å²) in [6.45, 7) is -0.0474. The molecule has 1 aliphatic carbocycles. The lowest BCUT2D eigenvalue weighted by Gasteiger charge is -2.19. The number of aliphatic hydroxyl groups excluding tert-OH is 2. The standard InChI is InChI=1S/C28H26N2O6/c1-35-27(33)16-10-11-21-22(13-29-24(21)12-16)26(32)25(31)14-30-28(34)36-15-23-19-8-4-2-6-17(19)18-7-3-5-9-20(18)23/h2-13,23,25-26,29,31-32H,14-15H2,1H3,(H,30,34). The summed E-state index contributed by atoms with van der Waals surface area (Å²) in [6, 6.07) is 21.0. The lowest BCUT2D eigenvalue weighted by atomic mass is 9.98. The Labute approximate surface area is 207 Å². The van der Waals surface area contributed by atoms with Gasteiger partial charge in [0.1, 0.15) is 18.8 Å². The number of amides is 1. The molecule has 2 atom stereocenters. The number of carbonyl (C=O) groups is 2. The zero-order valence-electron chi connectivity index (χ0n) is 19.6. The number of rotatable bonds is 7. The Bertz CT molecular complexity index is 1380. The fourth-order valence-electron chi connectivity index (χ4n) is 4.79. The molecule has 5 rings (SSSR count). The molecule has 1 amide bonds. The van der Waals surface area contributed by atoms with Crippen molar-refractivity contribution in [3.8, 4) is 11.1 Å². The summed E-state index contributed by atoms with van der Waals surface area (Å²) in [4.78, 5) is 27.1. The van der Waals surface area contributed by atoms with Gasteiger partial charge in [0.05, 0.1) is 12.7 Å². The highest BCUT2D eigenvalue weighted by Crippen LogP contribution is 2.44. The van der Waals surface area contributed by atoms with Gasteiger partial charge >= 0.3 is 12.1 Å². The molecule has 4 aromatic rings.